The molecule has 1 amide bonds. The number of amides is 1. The largest absolute Gasteiger partial charge is 0.344 e. The number of nitrogens with zero attached hydrogens (tertiary/aromatic N) is 1. The van der Waals surface area contributed by atoms with Crippen LogP contribution in [0.15, 0.2) is 35.2 Å². The number of benzene rings is 1. The van der Waals surface area contributed by atoms with Crippen molar-refractivity contribution < 1.29 is 4.79 Å². The summed E-state index contributed by atoms with van der Waals surface area (Å²) in [5, 5.41) is 3.53. The smallest absolute Gasteiger partial charge is 0.222 e. The number of likely N-dealkylation sites (tertiary alicyclic amines) is 1. The van der Waals surface area contributed by atoms with Crippen molar-refractivity contribution in [1.82, 2.24) is 10.2 Å². The van der Waals surface area contributed by atoms with Gasteiger partial charge in [-0.05, 0) is 18.6 Å². The van der Waals surface area contributed by atoms with Crippen LogP contribution >= 0.6 is 11.8 Å². The lowest BCUT2D eigenvalue weighted by Crippen LogP contribution is -2.47. The molecule has 0 radical (unpaired) electrons. The van der Waals surface area contributed by atoms with E-state index in [1.54, 1.807) is 0 Å². The molecule has 1 aromatic carbocycles. The molecular weight excluding hydrogens is 244 g/mol. The van der Waals surface area contributed by atoms with Crippen LogP contribution in [0.5, 0.6) is 0 Å². The third-order valence-electron chi connectivity index (χ3n) is 3.17. The highest BCUT2D eigenvalue weighted by molar-refractivity contribution is 7.99. The molecule has 0 aliphatic carbocycles. The fraction of sp³-hybridized carbons (Fsp3) is 0.500. The molecule has 1 aliphatic rings. The molecule has 1 saturated heterocycles. The van der Waals surface area contributed by atoms with Gasteiger partial charge >= 0.3 is 0 Å². The van der Waals surface area contributed by atoms with Gasteiger partial charge in [-0.3, -0.25) is 4.79 Å². The first-order valence-electron chi connectivity index (χ1n) is 6.41. The second kappa shape index (κ2) is 6.81. The molecule has 0 spiro atoms. The monoisotopic (exact) mass is 264 g/mol. The molecule has 1 unspecified atom stereocenters. The first-order chi connectivity index (χ1) is 8.75. The zero-order chi connectivity index (χ0) is 12.8. The highest BCUT2D eigenvalue weighted by atomic mass is 32.2. The Kier molecular flexibility index (Phi) is 5.08. The number of nitrogens with one attached hydrogen (secondary N) is 1. The number of rotatable bonds is 5. The normalized spacial score (nSPS) is 20.2. The minimum Gasteiger partial charge on any atom is -0.344 e. The minimum atomic E-state index is 0.270. The summed E-state index contributed by atoms with van der Waals surface area (Å²) in [6.45, 7) is 1.83. The fourth-order valence-electron chi connectivity index (χ4n) is 2.13. The Labute approximate surface area is 113 Å². The van der Waals surface area contributed by atoms with Gasteiger partial charge in [-0.15, -0.1) is 11.8 Å². The van der Waals surface area contributed by atoms with Gasteiger partial charge in [0.1, 0.15) is 0 Å². The Hall–Kier alpha value is -1.00. The van der Waals surface area contributed by atoms with Crippen LogP contribution in [0.2, 0.25) is 0 Å². The van der Waals surface area contributed by atoms with Gasteiger partial charge in [0, 0.05) is 43.2 Å². The molecule has 1 aliphatic heterocycles. The predicted molar refractivity (Wildman–Crippen MR) is 75.8 cm³/mol. The lowest BCUT2D eigenvalue weighted by atomic mass is 10.1. The van der Waals surface area contributed by atoms with Crippen LogP contribution in [0.3, 0.4) is 0 Å². The molecule has 1 atom stereocenters. The molecule has 1 N–H and O–H groups in total. The van der Waals surface area contributed by atoms with Crippen molar-refractivity contribution in [3.8, 4) is 0 Å². The topological polar surface area (TPSA) is 32.3 Å². The van der Waals surface area contributed by atoms with Crippen molar-refractivity contribution >= 4 is 17.7 Å². The van der Waals surface area contributed by atoms with E-state index in [0.29, 0.717) is 12.5 Å². The Morgan fingerprint density at radius 1 is 1.39 bits per heavy atom. The molecule has 0 bridgehead atoms. The number of hydrogen-bond acceptors (Lipinski definition) is 3. The fourth-order valence-corrected chi connectivity index (χ4v) is 2.93. The van der Waals surface area contributed by atoms with E-state index < -0.39 is 0 Å². The number of piperidine rings is 1. The van der Waals surface area contributed by atoms with E-state index in [9.17, 15) is 4.79 Å². The van der Waals surface area contributed by atoms with Gasteiger partial charge in [-0.25, -0.2) is 0 Å². The Bertz CT molecular complexity index is 383. The zero-order valence-electron chi connectivity index (χ0n) is 10.8. The van der Waals surface area contributed by atoms with Gasteiger partial charge < -0.3 is 10.2 Å². The standard InChI is InChI=1S/C14H20N2OS/c1-16-11-12(7-8-14(16)17)15-9-10-18-13-5-3-2-4-6-13/h2-6,12,15H,7-11H2,1H3. The summed E-state index contributed by atoms with van der Waals surface area (Å²) < 4.78 is 0. The number of likely N-dealkylation sites (N-methyl/N-ethyl adjacent to an activating group) is 1. The Morgan fingerprint density at radius 2 is 2.17 bits per heavy atom. The summed E-state index contributed by atoms with van der Waals surface area (Å²) in [6, 6.07) is 10.9. The summed E-state index contributed by atoms with van der Waals surface area (Å²) in [5.74, 6) is 1.34. The highest BCUT2D eigenvalue weighted by Gasteiger charge is 2.21. The quantitative estimate of drug-likeness (QED) is 0.652. The average molecular weight is 264 g/mol. The lowest BCUT2D eigenvalue weighted by Gasteiger charge is -2.30. The molecule has 4 heteroatoms. The van der Waals surface area contributed by atoms with Gasteiger partial charge in [-0.2, -0.15) is 0 Å². The van der Waals surface area contributed by atoms with Gasteiger partial charge in [-0.1, -0.05) is 18.2 Å². The molecular formula is C14H20N2OS. The maximum Gasteiger partial charge on any atom is 0.222 e. The van der Waals surface area contributed by atoms with Crippen LogP contribution in [0, 0.1) is 0 Å². The number of hydrogen-bond donors (Lipinski definition) is 1. The van der Waals surface area contributed by atoms with E-state index in [1.165, 1.54) is 4.90 Å². The van der Waals surface area contributed by atoms with Crippen LogP contribution in [0.4, 0.5) is 0 Å². The van der Waals surface area contributed by atoms with Gasteiger partial charge in [0.2, 0.25) is 5.91 Å². The van der Waals surface area contributed by atoms with E-state index in [4.69, 9.17) is 0 Å². The van der Waals surface area contributed by atoms with E-state index in [-0.39, 0.29) is 5.91 Å². The lowest BCUT2D eigenvalue weighted by molar-refractivity contribution is -0.132. The van der Waals surface area contributed by atoms with Crippen molar-refractivity contribution in [2.45, 2.75) is 23.8 Å². The summed E-state index contributed by atoms with van der Waals surface area (Å²) in [7, 11) is 1.88. The first kappa shape index (κ1) is 13.4. The van der Waals surface area contributed by atoms with Gasteiger partial charge in [0.15, 0.2) is 0 Å². The van der Waals surface area contributed by atoms with E-state index in [0.717, 1.165) is 25.3 Å². The maximum absolute atomic E-state index is 11.3. The van der Waals surface area contributed by atoms with Crippen LogP contribution in [-0.2, 0) is 4.79 Å². The predicted octanol–water partition coefficient (Wildman–Crippen LogP) is 1.99. The van der Waals surface area contributed by atoms with Gasteiger partial charge in [0.05, 0.1) is 0 Å². The second-order valence-electron chi connectivity index (χ2n) is 4.63. The maximum atomic E-state index is 11.3. The summed E-state index contributed by atoms with van der Waals surface area (Å²) >= 11 is 1.87. The zero-order valence-corrected chi connectivity index (χ0v) is 11.6. The molecule has 1 aromatic rings. The third kappa shape index (κ3) is 4.03. The number of carbonyl (C=O) groups excluding carboxylic acids is 1. The molecule has 0 aromatic heterocycles. The Morgan fingerprint density at radius 3 is 2.89 bits per heavy atom. The molecule has 1 fully saturated rings. The first-order valence-corrected chi connectivity index (χ1v) is 7.39. The molecule has 98 valence electrons. The molecule has 18 heavy (non-hydrogen) atoms. The summed E-state index contributed by atoms with van der Waals surface area (Å²) in [4.78, 5) is 14.5. The minimum absolute atomic E-state index is 0.270. The van der Waals surface area contributed by atoms with Crippen molar-refractivity contribution in [2.75, 3.05) is 25.9 Å². The van der Waals surface area contributed by atoms with Crippen molar-refractivity contribution in [3.05, 3.63) is 30.3 Å². The SMILES string of the molecule is CN1CC(NCCSc2ccccc2)CCC1=O. The van der Waals surface area contributed by atoms with Crippen LogP contribution in [0.1, 0.15) is 12.8 Å². The summed E-state index contributed by atoms with van der Waals surface area (Å²) in [5.41, 5.74) is 0. The number of thioether (sulfide) groups is 1. The van der Waals surface area contributed by atoms with Gasteiger partial charge in [0.25, 0.3) is 0 Å². The second-order valence-corrected chi connectivity index (χ2v) is 5.79. The Balaban J connectivity index is 1.63. The van der Waals surface area contributed by atoms with Crippen molar-refractivity contribution in [3.63, 3.8) is 0 Å². The molecule has 1 heterocycles. The van der Waals surface area contributed by atoms with Crippen LogP contribution in [0.25, 0.3) is 0 Å². The van der Waals surface area contributed by atoms with Crippen LogP contribution < -0.4 is 5.32 Å². The number of carbonyl (C=O) groups is 1. The third-order valence-corrected chi connectivity index (χ3v) is 4.19. The van der Waals surface area contributed by atoms with Crippen molar-refractivity contribution in [2.24, 2.45) is 0 Å². The van der Waals surface area contributed by atoms with E-state index >= 15 is 0 Å². The van der Waals surface area contributed by atoms with Crippen molar-refractivity contribution in [1.29, 1.82) is 0 Å². The molecule has 0 saturated carbocycles. The summed E-state index contributed by atoms with van der Waals surface area (Å²) in [6.07, 6.45) is 1.65. The van der Waals surface area contributed by atoms with E-state index in [1.807, 2.05) is 29.8 Å². The van der Waals surface area contributed by atoms with E-state index in [2.05, 4.69) is 29.6 Å². The molecule has 2 rings (SSSR count). The molecule has 3 nitrogen and oxygen atoms in total. The van der Waals surface area contributed by atoms with Crippen LogP contribution in [-0.4, -0.2) is 42.7 Å². The average Bonchev–Trinajstić information content (AvgIpc) is 2.40. The highest BCUT2D eigenvalue weighted by Crippen LogP contribution is 2.16.